The van der Waals surface area contributed by atoms with E-state index in [1.54, 1.807) is 0 Å². The van der Waals surface area contributed by atoms with Gasteiger partial charge in [-0.3, -0.25) is 4.98 Å². The van der Waals surface area contributed by atoms with Crippen molar-refractivity contribution in [1.82, 2.24) is 19.9 Å². The molecule has 3 aromatic rings. The number of hydrogen-bond acceptors (Lipinski definition) is 3. The minimum Gasteiger partial charge on any atom is -0.336 e. The standard InChI is InChI=1S/C17H20N4/c1-3-8-19-16(17-20-9-10-21(17)2)15-12-18-11-13-6-4-5-7-14(13)15/h4-7,9-12,16,19H,3,8H2,1-2H3. The lowest BCUT2D eigenvalue weighted by molar-refractivity contribution is 0.557. The van der Waals surface area contributed by atoms with Crippen LogP contribution in [0.3, 0.4) is 0 Å². The Morgan fingerprint density at radius 2 is 2.10 bits per heavy atom. The average molecular weight is 280 g/mol. The number of aromatic nitrogens is 3. The normalized spacial score (nSPS) is 12.7. The first-order valence-electron chi connectivity index (χ1n) is 7.34. The lowest BCUT2D eigenvalue weighted by atomic mass is 10.0. The van der Waals surface area contributed by atoms with Crippen LogP contribution in [0.2, 0.25) is 0 Å². The van der Waals surface area contributed by atoms with Gasteiger partial charge in [-0.25, -0.2) is 4.98 Å². The molecule has 0 aliphatic rings. The van der Waals surface area contributed by atoms with Crippen LogP contribution in [-0.2, 0) is 7.05 Å². The van der Waals surface area contributed by atoms with Gasteiger partial charge in [0.1, 0.15) is 5.82 Å². The minimum absolute atomic E-state index is 0.0588. The van der Waals surface area contributed by atoms with Crippen molar-refractivity contribution in [3.63, 3.8) is 0 Å². The van der Waals surface area contributed by atoms with E-state index < -0.39 is 0 Å². The van der Waals surface area contributed by atoms with Crippen LogP contribution in [0.4, 0.5) is 0 Å². The lowest BCUT2D eigenvalue weighted by Crippen LogP contribution is -2.26. The van der Waals surface area contributed by atoms with E-state index in [1.165, 1.54) is 10.9 Å². The zero-order valence-corrected chi connectivity index (χ0v) is 12.5. The Bertz CT molecular complexity index is 727. The van der Waals surface area contributed by atoms with Gasteiger partial charge in [0.2, 0.25) is 0 Å². The molecule has 0 amide bonds. The maximum absolute atomic E-state index is 4.52. The first-order valence-corrected chi connectivity index (χ1v) is 7.34. The minimum atomic E-state index is 0.0588. The van der Waals surface area contributed by atoms with Crippen molar-refractivity contribution in [2.75, 3.05) is 6.54 Å². The summed E-state index contributed by atoms with van der Waals surface area (Å²) in [5, 5.41) is 5.98. The molecule has 0 radical (unpaired) electrons. The Labute approximate surface area is 124 Å². The summed E-state index contributed by atoms with van der Waals surface area (Å²) in [6.45, 7) is 3.12. The number of fused-ring (bicyclic) bond motifs is 1. The number of aryl methyl sites for hydroxylation is 1. The second kappa shape index (κ2) is 6.06. The number of rotatable bonds is 5. The molecule has 1 atom stereocenters. The molecule has 0 fully saturated rings. The van der Waals surface area contributed by atoms with Gasteiger partial charge in [0, 0.05) is 42.8 Å². The second-order valence-electron chi connectivity index (χ2n) is 5.23. The van der Waals surface area contributed by atoms with Crippen LogP contribution in [0.5, 0.6) is 0 Å². The van der Waals surface area contributed by atoms with Crippen LogP contribution in [0, 0.1) is 0 Å². The smallest absolute Gasteiger partial charge is 0.130 e. The summed E-state index contributed by atoms with van der Waals surface area (Å²) >= 11 is 0. The molecular weight excluding hydrogens is 260 g/mol. The van der Waals surface area contributed by atoms with E-state index in [-0.39, 0.29) is 6.04 Å². The van der Waals surface area contributed by atoms with Gasteiger partial charge in [-0.2, -0.15) is 0 Å². The van der Waals surface area contributed by atoms with Gasteiger partial charge in [-0.05, 0) is 18.4 Å². The van der Waals surface area contributed by atoms with Gasteiger partial charge in [0.25, 0.3) is 0 Å². The van der Waals surface area contributed by atoms with E-state index in [9.17, 15) is 0 Å². The van der Waals surface area contributed by atoms with Crippen LogP contribution in [0.1, 0.15) is 30.8 Å². The number of pyridine rings is 1. The number of hydrogen-bond donors (Lipinski definition) is 1. The fourth-order valence-corrected chi connectivity index (χ4v) is 2.65. The van der Waals surface area contributed by atoms with E-state index in [0.717, 1.165) is 24.2 Å². The van der Waals surface area contributed by atoms with Crippen molar-refractivity contribution in [3.8, 4) is 0 Å². The van der Waals surface area contributed by atoms with Gasteiger partial charge in [0.05, 0.1) is 6.04 Å². The van der Waals surface area contributed by atoms with E-state index >= 15 is 0 Å². The van der Waals surface area contributed by atoms with Crippen LogP contribution in [0.25, 0.3) is 10.8 Å². The maximum Gasteiger partial charge on any atom is 0.130 e. The van der Waals surface area contributed by atoms with Gasteiger partial charge in [0.15, 0.2) is 0 Å². The Morgan fingerprint density at radius 1 is 1.24 bits per heavy atom. The molecule has 0 aliphatic heterocycles. The molecular formula is C17H20N4. The molecule has 4 nitrogen and oxygen atoms in total. The van der Waals surface area contributed by atoms with Gasteiger partial charge >= 0.3 is 0 Å². The molecule has 2 aromatic heterocycles. The topological polar surface area (TPSA) is 42.7 Å². The first kappa shape index (κ1) is 13.8. The van der Waals surface area contributed by atoms with E-state index in [0.29, 0.717) is 0 Å². The Hall–Kier alpha value is -2.20. The van der Waals surface area contributed by atoms with Crippen molar-refractivity contribution in [2.24, 2.45) is 7.05 Å². The van der Waals surface area contributed by atoms with E-state index in [1.807, 2.05) is 37.9 Å². The summed E-state index contributed by atoms with van der Waals surface area (Å²) in [5.74, 6) is 1.02. The van der Waals surface area contributed by atoms with Crippen LogP contribution in [0.15, 0.2) is 49.1 Å². The summed E-state index contributed by atoms with van der Waals surface area (Å²) in [6.07, 6.45) is 8.76. The third-order valence-electron chi connectivity index (χ3n) is 3.73. The monoisotopic (exact) mass is 280 g/mol. The van der Waals surface area contributed by atoms with Crippen LogP contribution >= 0.6 is 0 Å². The predicted octanol–water partition coefficient (Wildman–Crippen LogP) is 3.06. The molecule has 108 valence electrons. The fourth-order valence-electron chi connectivity index (χ4n) is 2.65. The van der Waals surface area contributed by atoms with Gasteiger partial charge in [-0.15, -0.1) is 0 Å². The molecule has 1 unspecified atom stereocenters. The Kier molecular flexibility index (Phi) is 3.97. The molecule has 1 N–H and O–H groups in total. The fraction of sp³-hybridized carbons (Fsp3) is 0.294. The molecule has 1 aromatic carbocycles. The summed E-state index contributed by atoms with van der Waals surface area (Å²) in [7, 11) is 2.03. The maximum atomic E-state index is 4.52. The Morgan fingerprint density at radius 3 is 2.86 bits per heavy atom. The van der Waals surface area contributed by atoms with Gasteiger partial charge in [-0.1, -0.05) is 31.2 Å². The van der Waals surface area contributed by atoms with Crippen molar-refractivity contribution >= 4 is 10.8 Å². The highest BCUT2D eigenvalue weighted by Gasteiger charge is 2.19. The van der Waals surface area contributed by atoms with Crippen LogP contribution in [-0.4, -0.2) is 21.1 Å². The number of nitrogens with one attached hydrogen (secondary N) is 1. The molecule has 3 rings (SSSR count). The summed E-state index contributed by atoms with van der Waals surface area (Å²) in [6, 6.07) is 8.42. The predicted molar refractivity (Wildman–Crippen MR) is 85.1 cm³/mol. The largest absolute Gasteiger partial charge is 0.336 e. The molecule has 0 saturated carbocycles. The van der Waals surface area contributed by atoms with Crippen molar-refractivity contribution in [3.05, 3.63) is 60.4 Å². The second-order valence-corrected chi connectivity index (χ2v) is 5.23. The SMILES string of the molecule is CCCNC(c1cncc2ccccc12)c1nccn1C. The summed E-state index contributed by atoms with van der Waals surface area (Å²) in [4.78, 5) is 8.93. The molecule has 4 heteroatoms. The highest BCUT2D eigenvalue weighted by molar-refractivity contribution is 5.85. The van der Waals surface area contributed by atoms with Crippen molar-refractivity contribution in [2.45, 2.75) is 19.4 Å². The third kappa shape index (κ3) is 2.67. The molecule has 0 spiro atoms. The first-order chi connectivity index (χ1) is 10.3. The highest BCUT2D eigenvalue weighted by atomic mass is 15.1. The summed E-state index contributed by atoms with van der Waals surface area (Å²) in [5.41, 5.74) is 1.18. The average Bonchev–Trinajstić information content (AvgIpc) is 2.94. The van der Waals surface area contributed by atoms with Crippen molar-refractivity contribution in [1.29, 1.82) is 0 Å². The molecule has 0 saturated heterocycles. The molecule has 0 bridgehead atoms. The summed E-state index contributed by atoms with van der Waals surface area (Å²) < 4.78 is 2.06. The number of nitrogens with zero attached hydrogens (tertiary/aromatic N) is 3. The molecule has 2 heterocycles. The quantitative estimate of drug-likeness (QED) is 0.781. The van der Waals surface area contributed by atoms with E-state index in [4.69, 9.17) is 0 Å². The zero-order chi connectivity index (χ0) is 14.7. The molecule has 0 aliphatic carbocycles. The highest BCUT2D eigenvalue weighted by Crippen LogP contribution is 2.27. The molecule has 21 heavy (non-hydrogen) atoms. The van der Waals surface area contributed by atoms with E-state index in [2.05, 4.69) is 45.0 Å². The van der Waals surface area contributed by atoms with Crippen molar-refractivity contribution < 1.29 is 0 Å². The van der Waals surface area contributed by atoms with Gasteiger partial charge < -0.3 is 9.88 Å². The number of imidazole rings is 1. The third-order valence-corrected chi connectivity index (χ3v) is 3.73. The lowest BCUT2D eigenvalue weighted by Gasteiger charge is -2.20. The Balaban J connectivity index is 2.12. The zero-order valence-electron chi connectivity index (χ0n) is 12.5. The number of benzene rings is 1. The van der Waals surface area contributed by atoms with Crippen LogP contribution < -0.4 is 5.32 Å².